The largest absolute Gasteiger partial charge is 0.469 e. The maximum Gasteiger partial charge on any atom is 0.308 e. The number of aryl methyl sites for hydroxylation is 1. The standard InChI is InChI=1S/C27H21N3O5S2/c1-15-7-5-8-16(13-15)28-19(31)14-29-26-23(37-27(29)34)20(18-11-6-12-35-18)21-22(36-26)25(33)30(24(21)32)17-9-3-2-4-10-17/h2-13,20-22H,14H2,1H3,(H,28,31). The maximum atomic E-state index is 13.7. The smallest absolute Gasteiger partial charge is 0.308 e. The Labute approximate surface area is 219 Å². The molecule has 3 amide bonds. The van der Waals surface area contributed by atoms with Crippen LogP contribution in [0, 0.1) is 12.8 Å². The SMILES string of the molecule is Cc1cccc(NC(=O)Cn2c3c(sc2=O)C(c2ccco2)C2C(=O)N(c4ccccc4)C(=O)C2S3)c1. The number of thioether (sulfide) groups is 1. The van der Waals surface area contributed by atoms with Crippen LogP contribution in [0.5, 0.6) is 0 Å². The highest BCUT2D eigenvalue weighted by Gasteiger charge is 2.57. The summed E-state index contributed by atoms with van der Waals surface area (Å²) in [5, 5.41) is 2.60. The minimum atomic E-state index is -0.754. The topological polar surface area (TPSA) is 102 Å². The van der Waals surface area contributed by atoms with Crippen molar-refractivity contribution in [2.75, 3.05) is 10.2 Å². The molecule has 0 spiro atoms. The Kier molecular flexibility index (Phi) is 5.85. The highest BCUT2D eigenvalue weighted by Crippen LogP contribution is 2.53. The lowest BCUT2D eigenvalue weighted by Gasteiger charge is -2.29. The van der Waals surface area contributed by atoms with E-state index in [9.17, 15) is 19.2 Å². The molecule has 1 fully saturated rings. The van der Waals surface area contributed by atoms with Crippen molar-refractivity contribution in [3.05, 3.63) is 98.9 Å². The van der Waals surface area contributed by atoms with E-state index >= 15 is 0 Å². The minimum absolute atomic E-state index is 0.210. The van der Waals surface area contributed by atoms with E-state index in [4.69, 9.17) is 4.42 Å². The van der Waals surface area contributed by atoms with Crippen molar-refractivity contribution >= 4 is 52.2 Å². The fourth-order valence-electron chi connectivity index (χ4n) is 4.93. The van der Waals surface area contributed by atoms with Gasteiger partial charge in [-0.1, -0.05) is 53.4 Å². The van der Waals surface area contributed by atoms with Gasteiger partial charge in [0.05, 0.1) is 33.7 Å². The van der Waals surface area contributed by atoms with Gasteiger partial charge in [-0.3, -0.25) is 23.7 Å². The number of aromatic nitrogens is 1. The molecule has 2 aliphatic heterocycles. The lowest BCUT2D eigenvalue weighted by Crippen LogP contribution is -2.32. The van der Waals surface area contributed by atoms with Gasteiger partial charge in [0.2, 0.25) is 17.7 Å². The van der Waals surface area contributed by atoms with E-state index in [0.717, 1.165) is 16.9 Å². The first kappa shape index (κ1) is 23.5. The zero-order valence-electron chi connectivity index (χ0n) is 19.6. The normalized spacial score (nSPS) is 20.6. The van der Waals surface area contributed by atoms with Crippen LogP contribution in [0.3, 0.4) is 0 Å². The van der Waals surface area contributed by atoms with Gasteiger partial charge in [-0.2, -0.15) is 0 Å². The summed E-state index contributed by atoms with van der Waals surface area (Å²) in [6.07, 6.45) is 1.51. The molecule has 0 saturated carbocycles. The molecule has 0 aliphatic carbocycles. The van der Waals surface area contributed by atoms with Crippen molar-refractivity contribution < 1.29 is 18.8 Å². The van der Waals surface area contributed by atoms with Crippen molar-refractivity contribution in [1.29, 1.82) is 0 Å². The number of para-hydroxylation sites is 1. The van der Waals surface area contributed by atoms with Crippen molar-refractivity contribution in [3.63, 3.8) is 0 Å². The van der Waals surface area contributed by atoms with Gasteiger partial charge in [0.15, 0.2) is 0 Å². The monoisotopic (exact) mass is 531 g/mol. The molecule has 4 aromatic rings. The van der Waals surface area contributed by atoms with Crippen LogP contribution in [0.4, 0.5) is 11.4 Å². The number of furan rings is 1. The van der Waals surface area contributed by atoms with Gasteiger partial charge in [-0.15, -0.1) is 0 Å². The van der Waals surface area contributed by atoms with Gasteiger partial charge in [-0.05, 0) is 48.9 Å². The Balaban J connectivity index is 1.39. The number of hydrogen-bond donors (Lipinski definition) is 1. The molecule has 37 heavy (non-hydrogen) atoms. The number of benzene rings is 2. The number of nitrogens with one attached hydrogen (secondary N) is 1. The van der Waals surface area contributed by atoms with Crippen LogP contribution in [0.25, 0.3) is 0 Å². The molecule has 2 aliphatic rings. The average molecular weight is 532 g/mol. The number of imide groups is 1. The number of fused-ring (bicyclic) bond motifs is 2. The molecule has 3 atom stereocenters. The first-order chi connectivity index (χ1) is 17.9. The lowest BCUT2D eigenvalue weighted by molar-refractivity contribution is -0.122. The van der Waals surface area contributed by atoms with E-state index in [1.54, 1.807) is 42.5 Å². The van der Waals surface area contributed by atoms with E-state index in [-0.39, 0.29) is 29.1 Å². The number of amides is 3. The van der Waals surface area contributed by atoms with Crippen molar-refractivity contribution in [2.24, 2.45) is 5.92 Å². The number of nitrogens with zero attached hydrogens (tertiary/aromatic N) is 2. The molecule has 4 heterocycles. The first-order valence-corrected chi connectivity index (χ1v) is 13.3. The Hall–Kier alpha value is -3.89. The third-order valence-electron chi connectivity index (χ3n) is 6.52. The summed E-state index contributed by atoms with van der Waals surface area (Å²) < 4.78 is 7.10. The molecule has 2 aromatic heterocycles. The average Bonchev–Trinajstić information content (AvgIpc) is 3.57. The minimum Gasteiger partial charge on any atom is -0.469 e. The molecule has 3 unspecified atom stereocenters. The molecule has 1 saturated heterocycles. The van der Waals surface area contributed by atoms with E-state index in [1.807, 2.05) is 31.2 Å². The van der Waals surface area contributed by atoms with Crippen molar-refractivity contribution in [1.82, 2.24) is 4.57 Å². The number of hydrogen-bond acceptors (Lipinski definition) is 7. The molecule has 0 bridgehead atoms. The second-order valence-corrected chi connectivity index (χ2v) is 11.1. The predicted molar refractivity (Wildman–Crippen MR) is 141 cm³/mol. The molecule has 2 aromatic carbocycles. The van der Waals surface area contributed by atoms with Crippen LogP contribution >= 0.6 is 23.1 Å². The van der Waals surface area contributed by atoms with E-state index in [2.05, 4.69) is 5.32 Å². The fraction of sp³-hybridized carbons (Fsp3) is 0.185. The predicted octanol–water partition coefficient (Wildman–Crippen LogP) is 4.25. The second kappa shape index (κ2) is 9.20. The third-order valence-corrected chi connectivity index (χ3v) is 9.12. The van der Waals surface area contributed by atoms with Crippen LogP contribution in [0.2, 0.25) is 0 Å². The molecule has 0 radical (unpaired) electrons. The summed E-state index contributed by atoms with van der Waals surface area (Å²) in [5.74, 6) is -1.87. The van der Waals surface area contributed by atoms with Crippen molar-refractivity contribution in [3.8, 4) is 0 Å². The van der Waals surface area contributed by atoms with Gasteiger partial charge in [0, 0.05) is 5.69 Å². The van der Waals surface area contributed by atoms with Crippen LogP contribution in [-0.2, 0) is 20.9 Å². The Morgan fingerprint density at radius 1 is 1.00 bits per heavy atom. The van der Waals surface area contributed by atoms with E-state index in [1.165, 1.54) is 27.5 Å². The second-order valence-electron chi connectivity index (χ2n) is 8.95. The third kappa shape index (κ3) is 4.02. The molecule has 6 rings (SSSR count). The summed E-state index contributed by atoms with van der Waals surface area (Å²) in [6.45, 7) is 1.72. The Morgan fingerprint density at radius 3 is 2.54 bits per heavy atom. The molecule has 10 heteroatoms. The van der Waals surface area contributed by atoms with Crippen LogP contribution in [-0.4, -0.2) is 27.5 Å². The molecule has 186 valence electrons. The van der Waals surface area contributed by atoms with Gasteiger partial charge in [0.1, 0.15) is 17.6 Å². The van der Waals surface area contributed by atoms with Gasteiger partial charge in [0.25, 0.3) is 0 Å². The summed E-state index contributed by atoms with van der Waals surface area (Å²) >= 11 is 2.16. The zero-order chi connectivity index (χ0) is 25.7. The van der Waals surface area contributed by atoms with Crippen LogP contribution in [0.15, 0.2) is 87.2 Å². The fourth-order valence-corrected chi connectivity index (χ4v) is 7.68. The Morgan fingerprint density at radius 2 is 1.81 bits per heavy atom. The molecular weight excluding hydrogens is 510 g/mol. The number of thiazole rings is 1. The summed E-state index contributed by atoms with van der Waals surface area (Å²) in [6, 6.07) is 19.7. The van der Waals surface area contributed by atoms with Crippen LogP contribution in [0.1, 0.15) is 22.1 Å². The highest BCUT2D eigenvalue weighted by atomic mass is 32.2. The number of carbonyl (C=O) groups excluding carboxylic acids is 3. The number of rotatable bonds is 5. The number of anilines is 2. The molecular formula is C27H21N3O5S2. The van der Waals surface area contributed by atoms with Gasteiger partial charge < -0.3 is 9.73 Å². The highest BCUT2D eigenvalue weighted by molar-refractivity contribution is 8.00. The lowest BCUT2D eigenvalue weighted by atomic mass is 9.87. The summed E-state index contributed by atoms with van der Waals surface area (Å²) in [4.78, 5) is 54.8. The first-order valence-electron chi connectivity index (χ1n) is 11.7. The molecule has 1 N–H and O–H groups in total. The quantitative estimate of drug-likeness (QED) is 0.387. The maximum absolute atomic E-state index is 13.7. The van der Waals surface area contributed by atoms with E-state index in [0.29, 0.717) is 27.0 Å². The molecule has 8 nitrogen and oxygen atoms in total. The van der Waals surface area contributed by atoms with Crippen molar-refractivity contribution in [2.45, 2.75) is 29.7 Å². The number of carbonyl (C=O) groups is 3. The van der Waals surface area contributed by atoms with Gasteiger partial charge >= 0.3 is 4.87 Å². The Bertz CT molecular complexity index is 1580. The van der Waals surface area contributed by atoms with Crippen LogP contribution < -0.4 is 15.1 Å². The summed E-state index contributed by atoms with van der Waals surface area (Å²) in [5.41, 5.74) is 2.14. The van der Waals surface area contributed by atoms with E-state index < -0.39 is 17.1 Å². The zero-order valence-corrected chi connectivity index (χ0v) is 21.3. The van der Waals surface area contributed by atoms with Gasteiger partial charge in [-0.25, -0.2) is 4.90 Å². The summed E-state index contributed by atoms with van der Waals surface area (Å²) in [7, 11) is 0.